The van der Waals surface area contributed by atoms with Gasteiger partial charge in [-0.2, -0.15) is 5.26 Å². The van der Waals surface area contributed by atoms with E-state index in [4.69, 9.17) is 5.26 Å². The van der Waals surface area contributed by atoms with E-state index in [0.717, 1.165) is 25.7 Å². The van der Waals surface area contributed by atoms with Crippen molar-refractivity contribution in [1.29, 1.82) is 5.26 Å². The second kappa shape index (κ2) is 6.83. The van der Waals surface area contributed by atoms with Crippen LogP contribution in [0.4, 0.5) is 0 Å². The molecule has 0 aromatic heterocycles. The number of rotatable bonds is 5. The van der Waals surface area contributed by atoms with Crippen molar-refractivity contribution < 1.29 is 9.59 Å². The van der Waals surface area contributed by atoms with Gasteiger partial charge in [-0.1, -0.05) is 12.8 Å². The molecule has 2 N–H and O–H groups in total. The number of hydrogen-bond donors (Lipinski definition) is 2. The highest BCUT2D eigenvalue weighted by Gasteiger charge is 2.21. The molecule has 0 aromatic rings. The predicted octanol–water partition coefficient (Wildman–Crippen LogP) is 0.323. The van der Waals surface area contributed by atoms with E-state index in [2.05, 4.69) is 10.6 Å². The van der Waals surface area contributed by atoms with Gasteiger partial charge in [0.15, 0.2) is 0 Å². The van der Waals surface area contributed by atoms with Gasteiger partial charge in [-0.15, -0.1) is 0 Å². The second-order valence-corrected chi connectivity index (χ2v) is 3.96. The van der Waals surface area contributed by atoms with Crippen molar-refractivity contribution in [2.24, 2.45) is 5.92 Å². The van der Waals surface area contributed by atoms with Gasteiger partial charge in [-0.3, -0.25) is 9.59 Å². The smallest absolute Gasteiger partial charge is 0.234 e. The molecule has 0 bridgehead atoms. The van der Waals surface area contributed by atoms with E-state index in [9.17, 15) is 9.59 Å². The fraction of sp³-hybridized carbons (Fsp3) is 0.727. The van der Waals surface area contributed by atoms with Gasteiger partial charge in [0.05, 0.1) is 6.07 Å². The third-order valence-corrected chi connectivity index (χ3v) is 2.71. The summed E-state index contributed by atoms with van der Waals surface area (Å²) in [5.41, 5.74) is 0. The van der Waals surface area contributed by atoms with E-state index < -0.39 is 0 Å². The van der Waals surface area contributed by atoms with Gasteiger partial charge in [0, 0.05) is 19.0 Å². The van der Waals surface area contributed by atoms with Crippen LogP contribution in [0.25, 0.3) is 0 Å². The van der Waals surface area contributed by atoms with Crippen molar-refractivity contribution in [3.8, 4) is 6.07 Å². The van der Waals surface area contributed by atoms with Crippen LogP contribution in [0, 0.1) is 17.2 Å². The Morgan fingerprint density at radius 2 is 1.81 bits per heavy atom. The summed E-state index contributed by atoms with van der Waals surface area (Å²) in [6.45, 7) is 0.825. The summed E-state index contributed by atoms with van der Waals surface area (Å²) in [7, 11) is 0. The van der Waals surface area contributed by atoms with Gasteiger partial charge in [-0.25, -0.2) is 0 Å². The maximum atomic E-state index is 11.5. The molecule has 0 atom stereocenters. The lowest BCUT2D eigenvalue weighted by molar-refractivity contribution is -0.125. The van der Waals surface area contributed by atoms with E-state index in [0.29, 0.717) is 13.1 Å². The van der Waals surface area contributed by atoms with E-state index >= 15 is 0 Å². The minimum Gasteiger partial charge on any atom is -0.354 e. The molecule has 5 nitrogen and oxygen atoms in total. The van der Waals surface area contributed by atoms with Gasteiger partial charge < -0.3 is 10.6 Å². The van der Waals surface area contributed by atoms with Crippen LogP contribution in [-0.4, -0.2) is 24.9 Å². The third-order valence-electron chi connectivity index (χ3n) is 2.71. The quantitative estimate of drug-likeness (QED) is 0.659. The third kappa shape index (κ3) is 4.30. The Hall–Kier alpha value is -1.57. The normalized spacial score (nSPS) is 15.4. The van der Waals surface area contributed by atoms with E-state index in [1.165, 1.54) is 0 Å². The first-order chi connectivity index (χ1) is 7.74. The molecule has 1 rings (SSSR count). The second-order valence-electron chi connectivity index (χ2n) is 3.96. The number of hydrogen-bond acceptors (Lipinski definition) is 3. The number of nitriles is 1. The molecule has 0 aromatic carbocycles. The van der Waals surface area contributed by atoms with Crippen LogP contribution in [0.5, 0.6) is 0 Å². The minimum atomic E-state index is -0.294. The summed E-state index contributed by atoms with van der Waals surface area (Å²) in [6, 6.07) is 1.76. The summed E-state index contributed by atoms with van der Waals surface area (Å²) in [5.74, 6) is -0.0422. The molecule has 16 heavy (non-hydrogen) atoms. The van der Waals surface area contributed by atoms with E-state index in [1.54, 1.807) is 6.07 Å². The van der Waals surface area contributed by atoms with E-state index in [1.807, 2.05) is 0 Å². The van der Waals surface area contributed by atoms with Gasteiger partial charge in [0.25, 0.3) is 0 Å². The van der Waals surface area contributed by atoms with Crippen molar-refractivity contribution in [2.45, 2.75) is 32.1 Å². The number of amides is 2. The molecule has 0 radical (unpaired) electrons. The molecule has 1 saturated carbocycles. The fourth-order valence-corrected chi connectivity index (χ4v) is 1.85. The molecule has 1 aliphatic rings. The summed E-state index contributed by atoms with van der Waals surface area (Å²) >= 11 is 0. The first-order valence-electron chi connectivity index (χ1n) is 5.65. The molecule has 1 fully saturated rings. The lowest BCUT2D eigenvalue weighted by Crippen LogP contribution is -2.36. The molecule has 0 saturated heterocycles. The Balaban J connectivity index is 2.04. The Morgan fingerprint density at radius 3 is 2.44 bits per heavy atom. The molecule has 0 heterocycles. The Morgan fingerprint density at radius 1 is 1.19 bits per heavy atom. The maximum Gasteiger partial charge on any atom is 0.234 e. The van der Waals surface area contributed by atoms with Crippen molar-refractivity contribution in [1.82, 2.24) is 10.6 Å². The van der Waals surface area contributed by atoms with Crippen LogP contribution in [0.15, 0.2) is 0 Å². The Labute approximate surface area is 95.2 Å². The Kier molecular flexibility index (Phi) is 5.34. The molecule has 5 heteroatoms. The zero-order valence-corrected chi connectivity index (χ0v) is 9.29. The molecule has 0 spiro atoms. The van der Waals surface area contributed by atoms with Crippen LogP contribution in [0.2, 0.25) is 0 Å². The van der Waals surface area contributed by atoms with Crippen LogP contribution in [0.1, 0.15) is 32.1 Å². The van der Waals surface area contributed by atoms with Crippen LogP contribution < -0.4 is 10.6 Å². The topological polar surface area (TPSA) is 82.0 Å². The molecular formula is C11H17N3O2. The lowest BCUT2D eigenvalue weighted by atomic mass is 10.1. The highest BCUT2D eigenvalue weighted by molar-refractivity contribution is 5.79. The van der Waals surface area contributed by atoms with Gasteiger partial charge in [0.2, 0.25) is 11.8 Å². The maximum absolute atomic E-state index is 11.5. The number of carbonyl (C=O) groups is 2. The monoisotopic (exact) mass is 223 g/mol. The predicted molar refractivity (Wildman–Crippen MR) is 58.2 cm³/mol. The highest BCUT2D eigenvalue weighted by atomic mass is 16.2. The SMILES string of the molecule is N#CCC(=O)NCCNC(=O)C1CCCC1. The van der Waals surface area contributed by atoms with Crippen molar-refractivity contribution in [2.75, 3.05) is 13.1 Å². The van der Waals surface area contributed by atoms with Gasteiger partial charge in [0.1, 0.15) is 6.42 Å². The summed E-state index contributed by atoms with van der Waals surface area (Å²) in [6.07, 6.45) is 4.10. The fourth-order valence-electron chi connectivity index (χ4n) is 1.85. The lowest BCUT2D eigenvalue weighted by Gasteiger charge is -2.10. The Bertz CT molecular complexity index is 290. The molecule has 88 valence electrons. The number of nitrogens with zero attached hydrogens (tertiary/aromatic N) is 1. The first kappa shape index (κ1) is 12.5. The average molecular weight is 223 g/mol. The molecule has 2 amide bonds. The van der Waals surface area contributed by atoms with Crippen LogP contribution in [0.3, 0.4) is 0 Å². The van der Waals surface area contributed by atoms with Crippen LogP contribution in [-0.2, 0) is 9.59 Å². The van der Waals surface area contributed by atoms with Crippen molar-refractivity contribution >= 4 is 11.8 Å². The van der Waals surface area contributed by atoms with Gasteiger partial charge >= 0.3 is 0 Å². The molecular weight excluding hydrogens is 206 g/mol. The number of carbonyl (C=O) groups excluding carboxylic acids is 2. The van der Waals surface area contributed by atoms with Crippen molar-refractivity contribution in [3.05, 3.63) is 0 Å². The first-order valence-corrected chi connectivity index (χ1v) is 5.65. The molecule has 0 unspecified atom stereocenters. The van der Waals surface area contributed by atoms with Crippen LogP contribution >= 0.6 is 0 Å². The largest absolute Gasteiger partial charge is 0.354 e. The standard InChI is InChI=1S/C11H17N3O2/c12-6-5-10(15)13-7-8-14-11(16)9-3-1-2-4-9/h9H,1-5,7-8H2,(H,13,15)(H,14,16). The summed E-state index contributed by atoms with van der Waals surface area (Å²) in [4.78, 5) is 22.4. The van der Waals surface area contributed by atoms with Crippen molar-refractivity contribution in [3.63, 3.8) is 0 Å². The molecule has 0 aliphatic heterocycles. The molecule has 1 aliphatic carbocycles. The summed E-state index contributed by atoms with van der Waals surface area (Å²) in [5, 5.41) is 13.6. The average Bonchev–Trinajstić information content (AvgIpc) is 2.78. The van der Waals surface area contributed by atoms with Gasteiger partial charge in [-0.05, 0) is 12.8 Å². The summed E-state index contributed by atoms with van der Waals surface area (Å²) < 4.78 is 0. The minimum absolute atomic E-state index is 0.0898. The highest BCUT2D eigenvalue weighted by Crippen LogP contribution is 2.24. The number of nitrogens with one attached hydrogen (secondary N) is 2. The zero-order chi connectivity index (χ0) is 11.8. The zero-order valence-electron chi connectivity index (χ0n) is 9.29. The van der Waals surface area contributed by atoms with E-state index in [-0.39, 0.29) is 24.2 Å².